The molecule has 0 aromatic rings. The highest BCUT2D eigenvalue weighted by Crippen LogP contribution is 2.27. The molecule has 0 aromatic carbocycles. The molecule has 7 nitrogen and oxygen atoms in total. The maximum absolute atomic E-state index is 12.8. The van der Waals surface area contributed by atoms with E-state index < -0.39 is 0 Å². The smallest absolute Gasteiger partial charge is 0.306 e. The predicted octanol–water partition coefficient (Wildman–Crippen LogP) is 14.2. The molecule has 1 N–H and O–H groups in total. The molecule has 2 rings (SSSR count). The fraction of sp³-hybridized carbons (Fsp3) is 0.939. The Morgan fingerprint density at radius 3 is 1.61 bits per heavy atom. The Balaban J connectivity index is 0.00000505. The number of carbonyl (C=O) groups excluding carboxylic acids is 2. The van der Waals surface area contributed by atoms with E-state index >= 15 is 0 Å². The van der Waals surface area contributed by atoms with Gasteiger partial charge in [0.25, 0.3) is 6.47 Å². The Bertz CT molecular complexity index is 861. The van der Waals surface area contributed by atoms with Crippen LogP contribution in [0, 0.1) is 11.8 Å². The van der Waals surface area contributed by atoms with Crippen molar-refractivity contribution in [1.82, 2.24) is 4.90 Å². The zero-order valence-corrected chi connectivity index (χ0v) is 37.2. The second-order valence-electron chi connectivity index (χ2n) is 17.7. The standard InChI is InChI=1S/C48H91NO4.CH2O2/c1-3-5-30-45(31-6-4-2)39-43-52-47(50)37-26-18-14-10-13-17-25-36-46(53-48(51)38-29-42-49-40-27-28-41-49)35-24-16-12-9-7-8-11-15-21-32-44-33-22-19-20-23-34-44;2-1-3/h44-46H,3-43H2,1-2H3;1H,(H,2,3). The van der Waals surface area contributed by atoms with Crippen LogP contribution < -0.4 is 0 Å². The first-order valence-corrected chi connectivity index (χ1v) is 24.7. The molecule has 1 saturated heterocycles. The zero-order chi connectivity index (χ0) is 40.6. The largest absolute Gasteiger partial charge is 0.483 e. The Kier molecular flexibility index (Phi) is 37.6. The van der Waals surface area contributed by atoms with Gasteiger partial charge >= 0.3 is 11.9 Å². The van der Waals surface area contributed by atoms with Crippen molar-refractivity contribution in [2.75, 3.05) is 26.2 Å². The fourth-order valence-corrected chi connectivity index (χ4v) is 9.01. The molecule has 7 heteroatoms. The van der Waals surface area contributed by atoms with Gasteiger partial charge in [-0.2, -0.15) is 0 Å². The highest BCUT2D eigenvalue weighted by Gasteiger charge is 2.17. The van der Waals surface area contributed by atoms with Crippen LogP contribution in [0.1, 0.15) is 251 Å². The number of hydrogen-bond acceptors (Lipinski definition) is 6. The number of ether oxygens (including phenoxy) is 2. The summed E-state index contributed by atoms with van der Waals surface area (Å²) in [6, 6.07) is 0. The highest BCUT2D eigenvalue weighted by molar-refractivity contribution is 5.69. The van der Waals surface area contributed by atoms with E-state index in [2.05, 4.69) is 18.7 Å². The molecule has 0 aromatic heterocycles. The summed E-state index contributed by atoms with van der Waals surface area (Å²) in [4.78, 5) is 35.9. The fourth-order valence-electron chi connectivity index (χ4n) is 9.01. The summed E-state index contributed by atoms with van der Waals surface area (Å²) >= 11 is 0. The van der Waals surface area contributed by atoms with Gasteiger partial charge in [0, 0.05) is 12.8 Å². The number of hydrogen-bond donors (Lipinski definition) is 1. The van der Waals surface area contributed by atoms with Gasteiger partial charge in [0.1, 0.15) is 6.10 Å². The van der Waals surface area contributed by atoms with Crippen LogP contribution in [0.25, 0.3) is 0 Å². The van der Waals surface area contributed by atoms with Crippen LogP contribution in [0.15, 0.2) is 0 Å². The number of carbonyl (C=O) groups is 3. The molecule has 0 bridgehead atoms. The first kappa shape index (κ1) is 52.4. The third-order valence-corrected chi connectivity index (χ3v) is 12.6. The molecule has 0 radical (unpaired) electrons. The Morgan fingerprint density at radius 2 is 1.07 bits per heavy atom. The lowest BCUT2D eigenvalue weighted by Gasteiger charge is -2.19. The Morgan fingerprint density at radius 1 is 0.589 bits per heavy atom. The Labute approximate surface area is 347 Å². The maximum Gasteiger partial charge on any atom is 0.306 e. The molecule has 1 atom stereocenters. The van der Waals surface area contributed by atoms with Crippen LogP contribution in [0.2, 0.25) is 0 Å². The van der Waals surface area contributed by atoms with E-state index in [1.54, 1.807) is 0 Å². The van der Waals surface area contributed by atoms with Crippen molar-refractivity contribution in [2.45, 2.75) is 258 Å². The molecule has 330 valence electrons. The summed E-state index contributed by atoms with van der Waals surface area (Å²) in [5.74, 6) is 1.78. The minimum absolute atomic E-state index is 0.00290. The lowest BCUT2D eigenvalue weighted by atomic mass is 9.93. The van der Waals surface area contributed by atoms with Crippen molar-refractivity contribution in [3.05, 3.63) is 0 Å². The van der Waals surface area contributed by atoms with Gasteiger partial charge in [-0.05, 0) is 89.3 Å². The van der Waals surface area contributed by atoms with E-state index in [1.165, 1.54) is 193 Å². The van der Waals surface area contributed by atoms with Gasteiger partial charge in [-0.15, -0.1) is 0 Å². The van der Waals surface area contributed by atoms with E-state index in [0.29, 0.717) is 25.4 Å². The molecule has 0 spiro atoms. The van der Waals surface area contributed by atoms with Gasteiger partial charge in [-0.1, -0.05) is 181 Å². The minimum Gasteiger partial charge on any atom is -0.483 e. The zero-order valence-electron chi connectivity index (χ0n) is 37.2. The number of unbranched alkanes of at least 4 members (excludes halogenated alkanes) is 16. The molecule has 1 saturated carbocycles. The van der Waals surface area contributed by atoms with E-state index in [0.717, 1.165) is 57.4 Å². The van der Waals surface area contributed by atoms with E-state index in [4.69, 9.17) is 19.4 Å². The summed E-state index contributed by atoms with van der Waals surface area (Å²) in [6.45, 7) is 8.31. The van der Waals surface area contributed by atoms with Gasteiger partial charge in [0.2, 0.25) is 0 Å². The van der Waals surface area contributed by atoms with Crippen molar-refractivity contribution in [2.24, 2.45) is 11.8 Å². The van der Waals surface area contributed by atoms with Gasteiger partial charge in [-0.3, -0.25) is 14.4 Å². The van der Waals surface area contributed by atoms with Gasteiger partial charge in [-0.25, -0.2) is 0 Å². The summed E-state index contributed by atoms with van der Waals surface area (Å²) < 4.78 is 11.7. The van der Waals surface area contributed by atoms with Gasteiger partial charge in [0.05, 0.1) is 6.61 Å². The molecule has 56 heavy (non-hydrogen) atoms. The van der Waals surface area contributed by atoms with Crippen molar-refractivity contribution in [1.29, 1.82) is 0 Å². The van der Waals surface area contributed by atoms with Crippen LogP contribution >= 0.6 is 0 Å². The average molecular weight is 792 g/mol. The molecule has 2 aliphatic rings. The minimum atomic E-state index is -0.250. The molecular formula is C49H93NO6. The van der Waals surface area contributed by atoms with Crippen LogP contribution in [-0.4, -0.2) is 60.8 Å². The molecule has 1 aliphatic carbocycles. The second-order valence-corrected chi connectivity index (χ2v) is 17.7. The molecule has 1 heterocycles. The molecular weight excluding hydrogens is 699 g/mol. The average Bonchev–Trinajstić information content (AvgIpc) is 3.58. The lowest BCUT2D eigenvalue weighted by molar-refractivity contribution is -0.150. The summed E-state index contributed by atoms with van der Waals surface area (Å²) in [6.07, 6.45) is 46.3. The van der Waals surface area contributed by atoms with Gasteiger partial charge < -0.3 is 19.5 Å². The number of nitrogens with zero attached hydrogens (tertiary/aromatic N) is 1. The maximum atomic E-state index is 12.8. The monoisotopic (exact) mass is 792 g/mol. The SMILES string of the molecule is CCCCC(CCCC)CCOC(=O)CCCCCCCCCC(CCCCCCCCCCCC1CCCCCC1)OC(=O)CCCN1CCCC1.O=CO. The topological polar surface area (TPSA) is 93.1 Å². The van der Waals surface area contributed by atoms with E-state index in [-0.39, 0.29) is 24.5 Å². The highest BCUT2D eigenvalue weighted by atomic mass is 16.5. The second kappa shape index (κ2) is 40.2. The quantitative estimate of drug-likeness (QED) is 0.0292. The van der Waals surface area contributed by atoms with Crippen LogP contribution in [0.3, 0.4) is 0 Å². The first-order valence-electron chi connectivity index (χ1n) is 24.7. The molecule has 0 amide bonds. The molecule has 1 unspecified atom stereocenters. The van der Waals surface area contributed by atoms with Crippen molar-refractivity contribution in [3.8, 4) is 0 Å². The van der Waals surface area contributed by atoms with Crippen LogP contribution in [0.5, 0.6) is 0 Å². The van der Waals surface area contributed by atoms with Crippen LogP contribution in [-0.2, 0) is 23.9 Å². The van der Waals surface area contributed by atoms with E-state index in [9.17, 15) is 9.59 Å². The lowest BCUT2D eigenvalue weighted by Crippen LogP contribution is -2.23. The van der Waals surface area contributed by atoms with Crippen molar-refractivity contribution < 1.29 is 29.0 Å². The summed E-state index contributed by atoms with van der Waals surface area (Å²) in [7, 11) is 0. The van der Waals surface area contributed by atoms with E-state index in [1.807, 2.05) is 0 Å². The van der Waals surface area contributed by atoms with Crippen molar-refractivity contribution >= 4 is 18.4 Å². The van der Waals surface area contributed by atoms with Crippen molar-refractivity contribution in [3.63, 3.8) is 0 Å². The molecule has 2 fully saturated rings. The van der Waals surface area contributed by atoms with Gasteiger partial charge in [0.15, 0.2) is 0 Å². The normalized spacial score (nSPS) is 15.6. The van der Waals surface area contributed by atoms with Crippen LogP contribution in [0.4, 0.5) is 0 Å². The third-order valence-electron chi connectivity index (χ3n) is 12.6. The summed E-state index contributed by atoms with van der Waals surface area (Å²) in [5.41, 5.74) is 0. The predicted molar refractivity (Wildman–Crippen MR) is 235 cm³/mol. The third kappa shape index (κ3) is 33.4. The number of likely N-dealkylation sites (tertiary alicyclic amines) is 1. The summed E-state index contributed by atoms with van der Waals surface area (Å²) in [5, 5.41) is 6.89. The first-order chi connectivity index (χ1) is 27.5. The molecule has 1 aliphatic heterocycles. The number of carboxylic acid groups (broad SMARTS) is 1. The number of esters is 2. The number of rotatable bonds is 36. The Hall–Kier alpha value is -1.63.